The molecule has 0 unspecified atom stereocenters. The summed E-state index contributed by atoms with van der Waals surface area (Å²) in [7, 11) is -4.30. The summed E-state index contributed by atoms with van der Waals surface area (Å²) in [6, 6.07) is 11.2. The van der Waals surface area contributed by atoms with E-state index >= 15 is 0 Å². The summed E-state index contributed by atoms with van der Waals surface area (Å²) in [6.45, 7) is 0. The Labute approximate surface area is 199 Å². The molecule has 7 nitrogen and oxygen atoms in total. The molecule has 14 heteroatoms. The highest BCUT2D eigenvalue weighted by molar-refractivity contribution is 7.91. The number of alkyl halides is 6. The molecule has 0 saturated heterocycles. The maximum Gasteiger partial charge on any atom is 0.420 e. The summed E-state index contributed by atoms with van der Waals surface area (Å²) in [5, 5.41) is 12.7. The van der Waals surface area contributed by atoms with Gasteiger partial charge in [0.15, 0.2) is 5.82 Å². The van der Waals surface area contributed by atoms with Gasteiger partial charge in [0.25, 0.3) is 0 Å². The summed E-state index contributed by atoms with van der Waals surface area (Å²) in [6.07, 6.45) is -10.1. The highest BCUT2D eigenvalue weighted by atomic mass is 32.2. The van der Waals surface area contributed by atoms with Crippen molar-refractivity contribution >= 4 is 9.84 Å². The zero-order chi connectivity index (χ0) is 26.1. The standard InChI is InChI=1S/C22H14F6N4O3S/c23-21(24,25)14-8-13(10-20-29-31-32-30-20)9-15(11-14)35-19-7-6-17(12-18(19)22(26,27)28)36(33,34)16-4-2-1-3-5-16/h1-9,11-12H,10H2,(H,29,30,31,32). The summed E-state index contributed by atoms with van der Waals surface area (Å²) >= 11 is 0. The average Bonchev–Trinajstić information content (AvgIpc) is 3.31. The number of hydrogen-bond donors (Lipinski definition) is 1. The molecule has 0 saturated carbocycles. The lowest BCUT2D eigenvalue weighted by Gasteiger charge is -2.17. The first-order chi connectivity index (χ1) is 16.8. The Bertz CT molecular complexity index is 1470. The first-order valence-electron chi connectivity index (χ1n) is 9.97. The Hall–Kier alpha value is -3.94. The number of rotatable bonds is 6. The van der Waals surface area contributed by atoms with Crippen LogP contribution in [0.2, 0.25) is 0 Å². The molecular weight excluding hydrogens is 514 g/mol. The largest absolute Gasteiger partial charge is 0.457 e. The molecule has 1 heterocycles. The van der Waals surface area contributed by atoms with Gasteiger partial charge in [0.05, 0.1) is 20.9 Å². The zero-order valence-corrected chi connectivity index (χ0v) is 18.6. The molecule has 0 radical (unpaired) electrons. The van der Waals surface area contributed by atoms with Gasteiger partial charge in [-0.15, -0.1) is 10.2 Å². The van der Waals surface area contributed by atoms with Gasteiger partial charge in [0.2, 0.25) is 9.84 Å². The van der Waals surface area contributed by atoms with Crippen LogP contribution in [0, 0.1) is 0 Å². The molecular formula is C22H14F6N4O3S. The maximum absolute atomic E-state index is 13.8. The quantitative estimate of drug-likeness (QED) is 0.334. The van der Waals surface area contributed by atoms with Gasteiger partial charge in [-0.2, -0.15) is 31.6 Å². The Morgan fingerprint density at radius 1 is 0.833 bits per heavy atom. The maximum atomic E-state index is 13.8. The van der Waals surface area contributed by atoms with Gasteiger partial charge in [-0.3, -0.25) is 0 Å². The highest BCUT2D eigenvalue weighted by Crippen LogP contribution is 2.41. The first-order valence-corrected chi connectivity index (χ1v) is 11.4. The van der Waals surface area contributed by atoms with Crippen molar-refractivity contribution in [3.8, 4) is 11.5 Å². The summed E-state index contributed by atoms with van der Waals surface area (Å²) in [4.78, 5) is -0.883. The monoisotopic (exact) mass is 528 g/mol. The van der Waals surface area contributed by atoms with Crippen LogP contribution in [0.3, 0.4) is 0 Å². The molecule has 0 amide bonds. The van der Waals surface area contributed by atoms with Crippen molar-refractivity contribution < 1.29 is 39.5 Å². The van der Waals surface area contributed by atoms with E-state index < -0.39 is 49.7 Å². The fourth-order valence-corrected chi connectivity index (χ4v) is 4.58. The van der Waals surface area contributed by atoms with Crippen LogP contribution < -0.4 is 4.74 Å². The van der Waals surface area contributed by atoms with Gasteiger partial charge in [0, 0.05) is 6.42 Å². The van der Waals surface area contributed by atoms with Crippen molar-refractivity contribution in [2.75, 3.05) is 0 Å². The molecule has 0 spiro atoms. The van der Waals surface area contributed by atoms with Crippen molar-refractivity contribution in [3.63, 3.8) is 0 Å². The van der Waals surface area contributed by atoms with Crippen LogP contribution in [0.1, 0.15) is 22.5 Å². The van der Waals surface area contributed by atoms with E-state index in [1.807, 2.05) is 0 Å². The number of hydrogen-bond acceptors (Lipinski definition) is 6. The Morgan fingerprint density at radius 3 is 2.17 bits per heavy atom. The number of halogens is 6. The van der Waals surface area contributed by atoms with Crippen LogP contribution in [0.4, 0.5) is 26.3 Å². The van der Waals surface area contributed by atoms with Gasteiger partial charge in [0.1, 0.15) is 11.5 Å². The van der Waals surface area contributed by atoms with Crippen molar-refractivity contribution in [2.24, 2.45) is 0 Å². The third kappa shape index (κ3) is 5.48. The lowest BCUT2D eigenvalue weighted by molar-refractivity contribution is -0.139. The molecule has 0 fully saturated rings. The minimum absolute atomic E-state index is 0.00180. The van der Waals surface area contributed by atoms with E-state index in [1.165, 1.54) is 24.3 Å². The summed E-state index contributed by atoms with van der Waals surface area (Å²) in [5.74, 6) is -1.38. The third-order valence-corrected chi connectivity index (χ3v) is 6.66. The molecule has 4 aromatic rings. The number of aromatic amines is 1. The summed E-state index contributed by atoms with van der Waals surface area (Å²) in [5.41, 5.74) is -2.65. The van der Waals surface area contributed by atoms with Crippen LogP contribution in [0.5, 0.6) is 11.5 Å². The predicted molar refractivity (Wildman–Crippen MR) is 112 cm³/mol. The van der Waals surface area contributed by atoms with E-state index in [9.17, 15) is 34.8 Å². The minimum Gasteiger partial charge on any atom is -0.457 e. The molecule has 188 valence electrons. The minimum atomic E-state index is -5.08. The number of H-pyrrole nitrogens is 1. The van der Waals surface area contributed by atoms with Crippen LogP contribution in [-0.2, 0) is 28.6 Å². The number of tetrazole rings is 1. The lowest BCUT2D eigenvalue weighted by Crippen LogP contribution is -2.11. The Morgan fingerprint density at radius 2 is 1.56 bits per heavy atom. The summed E-state index contributed by atoms with van der Waals surface area (Å²) < 4.78 is 113. The molecule has 0 aliphatic carbocycles. The van der Waals surface area contributed by atoms with Gasteiger partial charge in [-0.25, -0.2) is 8.42 Å². The number of benzene rings is 3. The fourth-order valence-electron chi connectivity index (χ4n) is 3.27. The molecule has 36 heavy (non-hydrogen) atoms. The molecule has 4 rings (SSSR count). The second-order valence-corrected chi connectivity index (χ2v) is 9.39. The van der Waals surface area contributed by atoms with E-state index in [4.69, 9.17) is 4.74 Å². The number of sulfone groups is 1. The van der Waals surface area contributed by atoms with Gasteiger partial charge < -0.3 is 4.74 Å². The molecule has 0 aliphatic rings. The van der Waals surface area contributed by atoms with Crippen molar-refractivity contribution in [1.29, 1.82) is 0 Å². The van der Waals surface area contributed by atoms with Gasteiger partial charge in [-0.05, 0) is 54.1 Å². The Kier molecular flexibility index (Phi) is 6.47. The van der Waals surface area contributed by atoms with Crippen LogP contribution in [-0.4, -0.2) is 29.0 Å². The van der Waals surface area contributed by atoms with Crippen molar-refractivity contribution in [1.82, 2.24) is 20.6 Å². The average molecular weight is 528 g/mol. The number of nitrogens with zero attached hydrogens (tertiary/aromatic N) is 3. The molecule has 0 aliphatic heterocycles. The highest BCUT2D eigenvalue weighted by Gasteiger charge is 2.37. The molecule has 0 bridgehead atoms. The third-order valence-electron chi connectivity index (χ3n) is 4.89. The number of aromatic nitrogens is 4. The van der Waals surface area contributed by atoms with Crippen LogP contribution in [0.15, 0.2) is 76.5 Å². The smallest absolute Gasteiger partial charge is 0.420 e. The fraction of sp³-hybridized carbons (Fsp3) is 0.136. The SMILES string of the molecule is O=S(=O)(c1ccccc1)c1ccc(Oc2cc(Cc3nn[nH]n3)cc(C(F)(F)F)c2)c(C(F)(F)F)c1. The first kappa shape index (κ1) is 25.2. The van der Waals surface area contributed by atoms with E-state index in [1.54, 1.807) is 6.07 Å². The predicted octanol–water partition coefficient (Wildman–Crippen LogP) is 5.45. The van der Waals surface area contributed by atoms with Crippen LogP contribution >= 0.6 is 0 Å². The second-order valence-electron chi connectivity index (χ2n) is 7.44. The lowest BCUT2D eigenvalue weighted by atomic mass is 10.1. The number of ether oxygens (including phenoxy) is 1. The molecule has 1 N–H and O–H groups in total. The number of nitrogens with one attached hydrogen (secondary N) is 1. The van der Waals surface area contributed by atoms with E-state index in [0.717, 1.165) is 24.3 Å². The molecule has 3 aromatic carbocycles. The molecule has 0 atom stereocenters. The van der Waals surface area contributed by atoms with Crippen LogP contribution in [0.25, 0.3) is 0 Å². The topological polar surface area (TPSA) is 97.8 Å². The Balaban J connectivity index is 1.76. The van der Waals surface area contributed by atoms with E-state index in [2.05, 4.69) is 20.6 Å². The second kappa shape index (κ2) is 9.26. The zero-order valence-electron chi connectivity index (χ0n) is 17.8. The van der Waals surface area contributed by atoms with Gasteiger partial charge >= 0.3 is 12.4 Å². The normalized spacial score (nSPS) is 12.5. The van der Waals surface area contributed by atoms with Crippen molar-refractivity contribution in [3.05, 3.63) is 89.2 Å². The van der Waals surface area contributed by atoms with Crippen molar-refractivity contribution in [2.45, 2.75) is 28.6 Å². The van der Waals surface area contributed by atoms with Gasteiger partial charge in [-0.1, -0.05) is 23.4 Å². The molecule has 1 aromatic heterocycles. The van der Waals surface area contributed by atoms with E-state index in [-0.39, 0.29) is 22.7 Å². The van der Waals surface area contributed by atoms with E-state index in [0.29, 0.717) is 12.1 Å².